The van der Waals surface area contributed by atoms with Gasteiger partial charge in [0.05, 0.1) is 5.69 Å². The third-order valence-corrected chi connectivity index (χ3v) is 2.19. The van der Waals surface area contributed by atoms with E-state index >= 15 is 0 Å². The first-order valence-electron chi connectivity index (χ1n) is 4.93. The lowest BCUT2D eigenvalue weighted by Crippen LogP contribution is -1.98. The van der Waals surface area contributed by atoms with E-state index in [4.69, 9.17) is 4.42 Å². The van der Waals surface area contributed by atoms with Gasteiger partial charge >= 0.3 is 0 Å². The molecule has 0 saturated carbocycles. The second-order valence-electron chi connectivity index (χ2n) is 3.52. The monoisotopic (exact) mass is 216 g/mol. The summed E-state index contributed by atoms with van der Waals surface area (Å²) in [6, 6.07) is 4.80. The van der Waals surface area contributed by atoms with Crippen LogP contribution in [0.4, 0.5) is 0 Å². The number of nitrogens with zero attached hydrogens (tertiary/aromatic N) is 2. The highest BCUT2D eigenvalue weighted by Gasteiger charge is 1.96. The lowest BCUT2D eigenvalue weighted by atomic mass is 10.3. The Kier molecular flexibility index (Phi) is 2.72. The molecule has 16 heavy (non-hydrogen) atoms. The Hall–Kier alpha value is -2.10. The van der Waals surface area contributed by atoms with Gasteiger partial charge in [-0.05, 0) is 25.1 Å². The Morgan fingerprint density at radius 3 is 2.81 bits per heavy atom. The summed E-state index contributed by atoms with van der Waals surface area (Å²) >= 11 is 0. The minimum absolute atomic E-state index is 0.0478. The molecule has 4 nitrogen and oxygen atoms in total. The van der Waals surface area contributed by atoms with Crippen LogP contribution in [0, 0.1) is 6.92 Å². The molecule has 0 unspecified atom stereocenters. The second kappa shape index (κ2) is 4.18. The smallest absolute Gasteiger partial charge is 0.185 e. The molecule has 2 aromatic rings. The van der Waals surface area contributed by atoms with E-state index in [2.05, 4.69) is 5.10 Å². The predicted octanol–water partition coefficient (Wildman–Crippen LogP) is 1.85. The van der Waals surface area contributed by atoms with E-state index in [1.54, 1.807) is 23.9 Å². The zero-order chi connectivity index (χ0) is 11.5. The lowest BCUT2D eigenvalue weighted by Gasteiger charge is -1.96. The van der Waals surface area contributed by atoms with Crippen molar-refractivity contribution in [3.05, 3.63) is 51.8 Å². The minimum Gasteiger partial charge on any atom is -0.462 e. The molecule has 0 radical (unpaired) electrons. The van der Waals surface area contributed by atoms with Crippen LogP contribution in [0.25, 0.3) is 12.2 Å². The highest BCUT2D eigenvalue weighted by molar-refractivity contribution is 5.65. The zero-order valence-corrected chi connectivity index (χ0v) is 9.18. The van der Waals surface area contributed by atoms with Gasteiger partial charge in [-0.1, -0.05) is 0 Å². The van der Waals surface area contributed by atoms with Crippen molar-refractivity contribution in [2.24, 2.45) is 7.05 Å². The molecule has 0 aliphatic heterocycles. The van der Waals surface area contributed by atoms with Crippen molar-refractivity contribution in [1.82, 2.24) is 9.78 Å². The Bertz CT molecular complexity index is 579. The molecule has 0 atom stereocenters. The molecular weight excluding hydrogens is 204 g/mol. The Balaban J connectivity index is 2.30. The van der Waals surface area contributed by atoms with Gasteiger partial charge in [0, 0.05) is 25.4 Å². The fraction of sp³-hybridized carbons (Fsp3) is 0.167. The number of rotatable bonds is 2. The van der Waals surface area contributed by atoms with Gasteiger partial charge in [-0.25, -0.2) is 0 Å². The van der Waals surface area contributed by atoms with Crippen LogP contribution in [-0.2, 0) is 7.05 Å². The van der Waals surface area contributed by atoms with Gasteiger partial charge in [-0.3, -0.25) is 9.48 Å². The van der Waals surface area contributed by atoms with Gasteiger partial charge in [-0.15, -0.1) is 0 Å². The van der Waals surface area contributed by atoms with Crippen LogP contribution in [0.1, 0.15) is 17.2 Å². The van der Waals surface area contributed by atoms with Gasteiger partial charge in [0.2, 0.25) is 0 Å². The summed E-state index contributed by atoms with van der Waals surface area (Å²) in [6.07, 6.45) is 5.32. The largest absolute Gasteiger partial charge is 0.462 e. The highest BCUT2D eigenvalue weighted by atomic mass is 16.3. The molecule has 0 aliphatic carbocycles. The van der Waals surface area contributed by atoms with E-state index in [-0.39, 0.29) is 5.43 Å². The topological polar surface area (TPSA) is 48.0 Å². The predicted molar refractivity (Wildman–Crippen MR) is 61.9 cm³/mol. The molecule has 2 rings (SSSR count). The summed E-state index contributed by atoms with van der Waals surface area (Å²) in [5.74, 6) is 1.16. The molecule has 0 aliphatic rings. The molecule has 2 heterocycles. The third-order valence-electron chi connectivity index (χ3n) is 2.19. The van der Waals surface area contributed by atoms with Crippen LogP contribution >= 0.6 is 0 Å². The van der Waals surface area contributed by atoms with Gasteiger partial charge in [-0.2, -0.15) is 5.10 Å². The first kappa shape index (κ1) is 10.4. The molecular formula is C12H12N2O2. The van der Waals surface area contributed by atoms with Gasteiger partial charge in [0.25, 0.3) is 0 Å². The SMILES string of the molecule is Cc1cc(=O)cc(C=Cc2ccnn2C)o1. The summed E-state index contributed by atoms with van der Waals surface area (Å²) in [4.78, 5) is 11.2. The molecule has 0 fully saturated rings. The van der Waals surface area contributed by atoms with Crippen molar-refractivity contribution in [2.75, 3.05) is 0 Å². The minimum atomic E-state index is -0.0478. The molecule has 0 saturated heterocycles. The normalized spacial score (nSPS) is 11.1. The first-order valence-corrected chi connectivity index (χ1v) is 4.93. The van der Waals surface area contributed by atoms with Crippen LogP contribution in [0.2, 0.25) is 0 Å². The van der Waals surface area contributed by atoms with Crippen molar-refractivity contribution in [3.63, 3.8) is 0 Å². The van der Waals surface area contributed by atoms with E-state index in [0.717, 1.165) is 5.69 Å². The summed E-state index contributed by atoms with van der Waals surface area (Å²) in [5.41, 5.74) is 0.901. The lowest BCUT2D eigenvalue weighted by molar-refractivity contribution is 0.505. The van der Waals surface area contributed by atoms with E-state index in [1.807, 2.05) is 19.2 Å². The van der Waals surface area contributed by atoms with Crippen molar-refractivity contribution in [3.8, 4) is 0 Å². The van der Waals surface area contributed by atoms with E-state index in [0.29, 0.717) is 11.5 Å². The van der Waals surface area contributed by atoms with Crippen molar-refractivity contribution in [2.45, 2.75) is 6.92 Å². The quantitative estimate of drug-likeness (QED) is 0.769. The molecule has 0 bridgehead atoms. The highest BCUT2D eigenvalue weighted by Crippen LogP contribution is 2.07. The van der Waals surface area contributed by atoms with Crippen LogP contribution in [0.5, 0.6) is 0 Å². The Labute approximate surface area is 92.8 Å². The van der Waals surface area contributed by atoms with Crippen LogP contribution in [0.15, 0.2) is 33.6 Å². The Morgan fingerprint density at radius 1 is 1.38 bits per heavy atom. The summed E-state index contributed by atoms with van der Waals surface area (Å²) < 4.78 is 7.12. The average Bonchev–Trinajstić information content (AvgIpc) is 2.59. The number of hydrogen-bond acceptors (Lipinski definition) is 3. The molecule has 0 aromatic carbocycles. The summed E-state index contributed by atoms with van der Waals surface area (Å²) in [6.45, 7) is 1.75. The van der Waals surface area contributed by atoms with Crippen LogP contribution < -0.4 is 5.43 Å². The maximum absolute atomic E-state index is 11.2. The standard InChI is InChI=1S/C12H12N2O2/c1-9-7-11(15)8-12(16-9)4-3-10-5-6-13-14(10)2/h3-8H,1-2H3. The van der Waals surface area contributed by atoms with Crippen molar-refractivity contribution >= 4 is 12.2 Å². The molecule has 2 aromatic heterocycles. The van der Waals surface area contributed by atoms with Gasteiger partial charge in [0.1, 0.15) is 11.5 Å². The van der Waals surface area contributed by atoms with E-state index in [1.165, 1.54) is 12.1 Å². The average molecular weight is 216 g/mol. The third kappa shape index (κ3) is 2.28. The Morgan fingerprint density at radius 2 is 2.19 bits per heavy atom. The summed E-state index contributed by atoms with van der Waals surface area (Å²) in [5, 5.41) is 4.04. The molecule has 0 spiro atoms. The van der Waals surface area contributed by atoms with Crippen molar-refractivity contribution < 1.29 is 4.42 Å². The maximum Gasteiger partial charge on any atom is 0.185 e. The van der Waals surface area contributed by atoms with E-state index in [9.17, 15) is 4.79 Å². The first-order chi connectivity index (χ1) is 7.65. The fourth-order valence-corrected chi connectivity index (χ4v) is 1.42. The van der Waals surface area contributed by atoms with E-state index < -0.39 is 0 Å². The van der Waals surface area contributed by atoms with Crippen molar-refractivity contribution in [1.29, 1.82) is 0 Å². The number of aryl methyl sites for hydroxylation is 2. The second-order valence-corrected chi connectivity index (χ2v) is 3.52. The number of aromatic nitrogens is 2. The van der Waals surface area contributed by atoms with Gasteiger partial charge in [0.15, 0.2) is 5.43 Å². The van der Waals surface area contributed by atoms with Crippen LogP contribution in [-0.4, -0.2) is 9.78 Å². The molecule has 0 amide bonds. The fourth-order valence-electron chi connectivity index (χ4n) is 1.42. The zero-order valence-electron chi connectivity index (χ0n) is 9.18. The maximum atomic E-state index is 11.2. The number of hydrogen-bond donors (Lipinski definition) is 0. The molecule has 82 valence electrons. The summed E-state index contributed by atoms with van der Waals surface area (Å²) in [7, 11) is 1.85. The van der Waals surface area contributed by atoms with Crippen LogP contribution in [0.3, 0.4) is 0 Å². The molecule has 4 heteroatoms. The van der Waals surface area contributed by atoms with Gasteiger partial charge < -0.3 is 4.42 Å². The molecule has 0 N–H and O–H groups in total.